The Kier molecular flexibility index (Phi) is 6.80. The molecule has 29 heavy (non-hydrogen) atoms. The van der Waals surface area contributed by atoms with Crippen molar-refractivity contribution in [1.29, 1.82) is 0 Å². The molecular formula is C21H19N4O3S-. The summed E-state index contributed by atoms with van der Waals surface area (Å²) in [5.74, 6) is 0.239. The van der Waals surface area contributed by atoms with E-state index in [1.807, 2.05) is 25.1 Å². The number of aromatic carboxylic acids is 1. The van der Waals surface area contributed by atoms with E-state index in [0.717, 1.165) is 22.6 Å². The molecule has 8 heteroatoms. The van der Waals surface area contributed by atoms with Gasteiger partial charge in [0.1, 0.15) is 5.75 Å². The number of anilines is 1. The van der Waals surface area contributed by atoms with E-state index in [2.05, 4.69) is 20.5 Å². The number of carbonyl (C=O) groups excluding carboxylic acids is 1. The molecule has 0 aliphatic rings. The van der Waals surface area contributed by atoms with Crippen LogP contribution in [-0.4, -0.2) is 28.8 Å². The number of hydrogen-bond acceptors (Lipinski definition) is 8. The highest BCUT2D eigenvalue weighted by Gasteiger charge is 2.08. The number of hydrazone groups is 1. The maximum Gasteiger partial charge on any atom is 0.187 e. The van der Waals surface area contributed by atoms with Gasteiger partial charge in [0.2, 0.25) is 0 Å². The van der Waals surface area contributed by atoms with Crippen LogP contribution in [0.1, 0.15) is 28.4 Å². The number of carboxylic acid groups (broad SMARTS) is 1. The number of methoxy groups -OCH3 is 1. The Balaban J connectivity index is 1.73. The Labute approximate surface area is 172 Å². The number of carbonyl (C=O) groups is 1. The Morgan fingerprint density at radius 3 is 2.48 bits per heavy atom. The van der Waals surface area contributed by atoms with Gasteiger partial charge in [-0.05, 0) is 54.4 Å². The summed E-state index contributed by atoms with van der Waals surface area (Å²) in [6.07, 6.45) is 3.43. The smallest absolute Gasteiger partial charge is 0.187 e. The third kappa shape index (κ3) is 5.55. The van der Waals surface area contributed by atoms with Crippen molar-refractivity contribution in [1.82, 2.24) is 9.97 Å². The molecule has 0 unspecified atom stereocenters. The van der Waals surface area contributed by atoms with Crippen molar-refractivity contribution in [3.8, 4) is 5.75 Å². The number of hydrogen-bond donors (Lipinski definition) is 1. The van der Waals surface area contributed by atoms with Gasteiger partial charge in [0.05, 0.1) is 24.5 Å². The van der Waals surface area contributed by atoms with Crippen LogP contribution in [0.25, 0.3) is 0 Å². The fraction of sp³-hybridized carbons (Fsp3) is 0.143. The maximum atomic E-state index is 10.8. The molecule has 0 fully saturated rings. The van der Waals surface area contributed by atoms with E-state index in [9.17, 15) is 9.90 Å². The first-order valence-electron chi connectivity index (χ1n) is 8.75. The van der Waals surface area contributed by atoms with E-state index in [4.69, 9.17) is 4.74 Å². The van der Waals surface area contributed by atoms with Crippen LogP contribution in [-0.2, 0) is 5.75 Å². The van der Waals surface area contributed by atoms with Crippen molar-refractivity contribution >= 4 is 29.1 Å². The van der Waals surface area contributed by atoms with Crippen molar-refractivity contribution in [2.24, 2.45) is 5.10 Å². The summed E-state index contributed by atoms with van der Waals surface area (Å²) in [4.78, 5) is 19.3. The van der Waals surface area contributed by atoms with Crippen LogP contribution in [0.3, 0.4) is 0 Å². The van der Waals surface area contributed by atoms with E-state index in [0.29, 0.717) is 16.6 Å². The molecule has 0 saturated heterocycles. The van der Waals surface area contributed by atoms with Gasteiger partial charge in [-0.25, -0.2) is 9.97 Å². The first-order valence-corrected chi connectivity index (χ1v) is 9.74. The minimum absolute atomic E-state index is 0.121. The van der Waals surface area contributed by atoms with Gasteiger partial charge in [-0.2, -0.15) is 5.10 Å². The molecule has 0 spiro atoms. The molecule has 1 N–H and O–H groups in total. The molecule has 0 aliphatic carbocycles. The second kappa shape index (κ2) is 9.70. The van der Waals surface area contributed by atoms with E-state index in [1.54, 1.807) is 37.7 Å². The average Bonchev–Trinajstić information content (AvgIpc) is 2.76. The largest absolute Gasteiger partial charge is 0.545 e. The molecule has 0 atom stereocenters. The molecule has 1 heterocycles. The predicted molar refractivity (Wildman–Crippen MR) is 111 cm³/mol. The normalized spacial score (nSPS) is 11.2. The standard InChI is InChI=1S/C21H20N4O3S/c1-14(24-25-18-7-4-15(5-8-18)20(26)27)16-6-9-19(28-2)17(12-16)13-29-21-22-10-3-11-23-21/h3-12,25H,13H2,1-2H3,(H,26,27)/p-1/b24-14-. The first kappa shape index (κ1) is 20.3. The molecule has 3 aromatic rings. The maximum absolute atomic E-state index is 10.8. The molecule has 7 nitrogen and oxygen atoms in total. The zero-order chi connectivity index (χ0) is 20.6. The summed E-state index contributed by atoms with van der Waals surface area (Å²) in [5, 5.41) is 15.9. The number of nitrogens with zero attached hydrogens (tertiary/aromatic N) is 3. The fourth-order valence-corrected chi connectivity index (χ4v) is 3.29. The fourth-order valence-electron chi connectivity index (χ4n) is 2.51. The van der Waals surface area contributed by atoms with Crippen LogP contribution in [0.15, 0.2) is 71.2 Å². The van der Waals surface area contributed by atoms with E-state index < -0.39 is 5.97 Å². The van der Waals surface area contributed by atoms with E-state index in [1.165, 1.54) is 23.9 Å². The minimum atomic E-state index is -1.21. The minimum Gasteiger partial charge on any atom is -0.545 e. The van der Waals surface area contributed by atoms with Gasteiger partial charge < -0.3 is 14.6 Å². The lowest BCUT2D eigenvalue weighted by molar-refractivity contribution is -0.255. The summed E-state index contributed by atoms with van der Waals surface area (Å²) in [7, 11) is 1.64. The second-order valence-electron chi connectivity index (χ2n) is 6.02. The lowest BCUT2D eigenvalue weighted by Crippen LogP contribution is -2.21. The number of nitrogens with one attached hydrogen (secondary N) is 1. The van der Waals surface area contributed by atoms with Crippen LogP contribution < -0.4 is 15.3 Å². The van der Waals surface area contributed by atoms with Crippen LogP contribution >= 0.6 is 11.8 Å². The summed E-state index contributed by atoms with van der Waals surface area (Å²) < 4.78 is 5.47. The van der Waals surface area contributed by atoms with Crippen molar-refractivity contribution in [2.45, 2.75) is 17.8 Å². The van der Waals surface area contributed by atoms with Gasteiger partial charge >= 0.3 is 0 Å². The van der Waals surface area contributed by atoms with Crippen molar-refractivity contribution in [3.63, 3.8) is 0 Å². The van der Waals surface area contributed by atoms with E-state index >= 15 is 0 Å². The zero-order valence-electron chi connectivity index (χ0n) is 16.0. The molecule has 0 radical (unpaired) electrons. The molecule has 148 valence electrons. The van der Waals surface area contributed by atoms with Crippen molar-refractivity contribution in [3.05, 3.63) is 77.6 Å². The molecule has 1 aromatic heterocycles. The summed E-state index contributed by atoms with van der Waals surface area (Å²) >= 11 is 1.53. The Hall–Kier alpha value is -3.39. The molecule has 0 amide bonds. The van der Waals surface area contributed by atoms with E-state index in [-0.39, 0.29) is 5.56 Å². The number of carboxylic acids is 1. The number of aromatic nitrogens is 2. The van der Waals surface area contributed by atoms with Crippen LogP contribution in [0.4, 0.5) is 5.69 Å². The Morgan fingerprint density at radius 1 is 1.14 bits per heavy atom. The third-order valence-electron chi connectivity index (χ3n) is 4.07. The topological polar surface area (TPSA) is 99.5 Å². The Morgan fingerprint density at radius 2 is 1.83 bits per heavy atom. The molecule has 0 bridgehead atoms. The van der Waals surface area contributed by atoms with Gasteiger partial charge in [0.25, 0.3) is 0 Å². The average molecular weight is 407 g/mol. The number of thioether (sulfide) groups is 1. The quantitative estimate of drug-likeness (QED) is 0.265. The number of benzene rings is 2. The molecule has 0 saturated carbocycles. The van der Waals surface area contributed by atoms with Gasteiger partial charge in [0, 0.05) is 23.7 Å². The molecule has 0 aliphatic heterocycles. The Bertz CT molecular complexity index is 1010. The summed E-state index contributed by atoms with van der Waals surface area (Å²) in [6.45, 7) is 1.89. The van der Waals surface area contributed by atoms with Gasteiger partial charge in [-0.1, -0.05) is 23.9 Å². The summed E-state index contributed by atoms with van der Waals surface area (Å²) in [6, 6.07) is 13.9. The second-order valence-corrected chi connectivity index (χ2v) is 6.96. The SMILES string of the molecule is COc1ccc(/C(C)=N\Nc2ccc(C(=O)[O-])cc2)cc1CSc1ncccn1. The van der Waals surface area contributed by atoms with Crippen LogP contribution in [0, 0.1) is 0 Å². The van der Waals surface area contributed by atoms with Gasteiger partial charge in [-0.3, -0.25) is 5.43 Å². The predicted octanol–water partition coefficient (Wildman–Crippen LogP) is 2.98. The van der Waals surface area contributed by atoms with Gasteiger partial charge in [-0.15, -0.1) is 0 Å². The van der Waals surface area contributed by atoms with Gasteiger partial charge in [0.15, 0.2) is 5.16 Å². The monoisotopic (exact) mass is 407 g/mol. The lowest BCUT2D eigenvalue weighted by Gasteiger charge is -2.11. The highest BCUT2D eigenvalue weighted by atomic mass is 32.2. The first-order chi connectivity index (χ1) is 14.1. The molecule has 3 rings (SSSR count). The highest BCUT2D eigenvalue weighted by Crippen LogP contribution is 2.27. The van der Waals surface area contributed by atoms with Crippen molar-refractivity contribution < 1.29 is 14.6 Å². The lowest BCUT2D eigenvalue weighted by atomic mass is 10.1. The third-order valence-corrected chi connectivity index (χ3v) is 4.99. The number of ether oxygens (including phenoxy) is 1. The van der Waals surface area contributed by atoms with Crippen LogP contribution in [0.5, 0.6) is 5.75 Å². The van der Waals surface area contributed by atoms with Crippen molar-refractivity contribution in [2.75, 3.05) is 12.5 Å². The molecular weight excluding hydrogens is 388 g/mol. The zero-order valence-corrected chi connectivity index (χ0v) is 16.8. The van der Waals surface area contributed by atoms with Crippen LogP contribution in [0.2, 0.25) is 0 Å². The molecule has 2 aromatic carbocycles. The summed E-state index contributed by atoms with van der Waals surface area (Å²) in [5.41, 5.74) is 6.46. The highest BCUT2D eigenvalue weighted by molar-refractivity contribution is 7.98. The number of rotatable bonds is 8.